The van der Waals surface area contributed by atoms with E-state index in [0.717, 1.165) is 32.4 Å². The number of carbonyl (C=O) groups excluding carboxylic acids is 3. The van der Waals surface area contributed by atoms with Gasteiger partial charge in [0.1, 0.15) is 6.04 Å². The van der Waals surface area contributed by atoms with E-state index in [-0.39, 0.29) is 24.1 Å². The molecule has 0 saturated carbocycles. The van der Waals surface area contributed by atoms with Gasteiger partial charge in [0.25, 0.3) is 11.8 Å². The van der Waals surface area contributed by atoms with E-state index in [0.29, 0.717) is 11.5 Å². The smallest absolute Gasteiger partial charge is 0.274 e. The molecule has 24 heavy (non-hydrogen) atoms. The third-order valence-corrected chi connectivity index (χ3v) is 4.92. The van der Waals surface area contributed by atoms with E-state index >= 15 is 0 Å². The van der Waals surface area contributed by atoms with Crippen LogP contribution in [0.5, 0.6) is 0 Å². The number of hydrogen-bond donors (Lipinski definition) is 0. The van der Waals surface area contributed by atoms with Gasteiger partial charge in [-0.25, -0.2) is 4.98 Å². The van der Waals surface area contributed by atoms with E-state index in [9.17, 15) is 14.4 Å². The molecule has 8 heteroatoms. The molecule has 0 N–H and O–H groups in total. The van der Waals surface area contributed by atoms with Gasteiger partial charge in [-0.2, -0.15) is 0 Å². The van der Waals surface area contributed by atoms with Crippen LogP contribution in [0.1, 0.15) is 36.2 Å². The molecule has 3 heterocycles. The van der Waals surface area contributed by atoms with Crippen LogP contribution >= 0.6 is 0 Å². The molecule has 1 aromatic heterocycles. The first kappa shape index (κ1) is 16.5. The molecule has 1 unspecified atom stereocenters. The Bertz CT molecular complexity index is 677. The van der Waals surface area contributed by atoms with Crippen molar-refractivity contribution in [3.05, 3.63) is 12.0 Å². The number of rotatable bonds is 2. The van der Waals surface area contributed by atoms with Gasteiger partial charge in [0, 0.05) is 34.2 Å². The second kappa shape index (κ2) is 6.26. The highest BCUT2D eigenvalue weighted by Crippen LogP contribution is 2.26. The zero-order chi connectivity index (χ0) is 17.4. The Morgan fingerprint density at radius 2 is 1.83 bits per heavy atom. The van der Waals surface area contributed by atoms with Crippen LogP contribution in [-0.2, 0) is 16.6 Å². The maximum absolute atomic E-state index is 12.8. The van der Waals surface area contributed by atoms with Crippen LogP contribution in [0.3, 0.4) is 0 Å². The molecule has 3 rings (SSSR count). The molecule has 8 nitrogen and oxygen atoms in total. The molecule has 1 atom stereocenters. The van der Waals surface area contributed by atoms with E-state index in [4.69, 9.17) is 0 Å². The number of aryl methyl sites for hydroxylation is 1. The third kappa shape index (κ3) is 2.65. The van der Waals surface area contributed by atoms with Crippen LogP contribution in [0.2, 0.25) is 0 Å². The minimum atomic E-state index is -0.800. The molecule has 0 radical (unpaired) electrons. The van der Waals surface area contributed by atoms with Gasteiger partial charge in [-0.1, -0.05) is 0 Å². The van der Waals surface area contributed by atoms with Crippen molar-refractivity contribution in [3.63, 3.8) is 0 Å². The largest absolute Gasteiger partial charge is 0.343 e. The van der Waals surface area contributed by atoms with E-state index in [1.165, 1.54) is 16.1 Å². The van der Waals surface area contributed by atoms with Gasteiger partial charge >= 0.3 is 0 Å². The summed E-state index contributed by atoms with van der Waals surface area (Å²) in [5.74, 6) is -0.305. The zero-order valence-corrected chi connectivity index (χ0v) is 14.4. The predicted octanol–water partition coefficient (Wildman–Crippen LogP) is 0.240. The molecule has 0 aliphatic carbocycles. The highest BCUT2D eigenvalue weighted by atomic mass is 16.2. The standard InChI is InChI=1S/C16H23N5O3/c1-18-10-17-14-13(18)16(24)19(2)11(15(23)20(14)3)9-12(22)21-7-5-4-6-8-21/h10-11H,4-9H2,1-3H3. The lowest BCUT2D eigenvalue weighted by molar-refractivity contribution is -0.136. The SMILES string of the molecule is CN1C(=O)C(CC(=O)N2CCCCC2)N(C)C(=O)c2c1ncn2C. The summed E-state index contributed by atoms with van der Waals surface area (Å²) < 4.78 is 1.60. The second-order valence-electron chi connectivity index (χ2n) is 6.50. The number of anilines is 1. The normalized spacial score (nSPS) is 21.8. The lowest BCUT2D eigenvalue weighted by Gasteiger charge is -2.31. The fraction of sp³-hybridized carbons (Fsp3) is 0.625. The van der Waals surface area contributed by atoms with Crippen molar-refractivity contribution in [1.29, 1.82) is 0 Å². The second-order valence-corrected chi connectivity index (χ2v) is 6.50. The van der Waals surface area contributed by atoms with Gasteiger partial charge in [0.2, 0.25) is 5.91 Å². The number of fused-ring (bicyclic) bond motifs is 1. The van der Waals surface area contributed by atoms with Gasteiger partial charge in [-0.05, 0) is 19.3 Å². The van der Waals surface area contributed by atoms with Crippen molar-refractivity contribution in [2.45, 2.75) is 31.7 Å². The molecule has 0 spiro atoms. The van der Waals surface area contributed by atoms with Crippen molar-refractivity contribution in [3.8, 4) is 0 Å². The Morgan fingerprint density at radius 1 is 1.17 bits per heavy atom. The van der Waals surface area contributed by atoms with Gasteiger partial charge in [0.15, 0.2) is 11.5 Å². The van der Waals surface area contributed by atoms with Gasteiger partial charge in [0.05, 0.1) is 12.7 Å². The number of aromatic nitrogens is 2. The maximum Gasteiger partial charge on any atom is 0.274 e. The van der Waals surface area contributed by atoms with Crippen molar-refractivity contribution in [2.24, 2.45) is 7.05 Å². The molecule has 130 valence electrons. The van der Waals surface area contributed by atoms with Crippen LogP contribution in [-0.4, -0.2) is 70.3 Å². The lowest BCUT2D eigenvalue weighted by Crippen LogP contribution is -2.49. The number of nitrogens with zero attached hydrogens (tertiary/aromatic N) is 5. The monoisotopic (exact) mass is 333 g/mol. The van der Waals surface area contributed by atoms with Gasteiger partial charge < -0.3 is 14.4 Å². The molecule has 0 aromatic carbocycles. The van der Waals surface area contributed by atoms with Gasteiger partial charge in [-0.3, -0.25) is 19.3 Å². The van der Waals surface area contributed by atoms with Crippen LogP contribution in [0.15, 0.2) is 6.33 Å². The highest BCUT2D eigenvalue weighted by Gasteiger charge is 2.40. The first-order chi connectivity index (χ1) is 11.4. The summed E-state index contributed by atoms with van der Waals surface area (Å²) in [7, 11) is 4.89. The Kier molecular flexibility index (Phi) is 4.29. The van der Waals surface area contributed by atoms with Crippen LogP contribution < -0.4 is 4.90 Å². The van der Waals surface area contributed by atoms with Crippen LogP contribution in [0.4, 0.5) is 5.82 Å². The topological polar surface area (TPSA) is 78.8 Å². The van der Waals surface area contributed by atoms with Crippen molar-refractivity contribution in [1.82, 2.24) is 19.4 Å². The number of hydrogen-bond acceptors (Lipinski definition) is 4. The summed E-state index contributed by atoms with van der Waals surface area (Å²) >= 11 is 0. The van der Waals surface area contributed by atoms with E-state index in [1.54, 1.807) is 30.6 Å². The molecule has 2 aliphatic rings. The number of amides is 3. The average Bonchev–Trinajstić information content (AvgIpc) is 2.96. The zero-order valence-electron chi connectivity index (χ0n) is 14.4. The van der Waals surface area contributed by atoms with Crippen LogP contribution in [0.25, 0.3) is 0 Å². The molecule has 0 bridgehead atoms. The summed E-state index contributed by atoms with van der Waals surface area (Å²) in [6.07, 6.45) is 4.65. The first-order valence-corrected chi connectivity index (χ1v) is 8.25. The Morgan fingerprint density at radius 3 is 2.50 bits per heavy atom. The fourth-order valence-corrected chi connectivity index (χ4v) is 3.37. The maximum atomic E-state index is 12.8. The fourth-order valence-electron chi connectivity index (χ4n) is 3.37. The lowest BCUT2D eigenvalue weighted by atomic mass is 10.1. The summed E-state index contributed by atoms with van der Waals surface area (Å²) in [4.78, 5) is 46.8. The predicted molar refractivity (Wildman–Crippen MR) is 87.5 cm³/mol. The van der Waals surface area contributed by atoms with E-state index in [2.05, 4.69) is 4.98 Å². The van der Waals surface area contributed by atoms with Crippen LogP contribution in [0, 0.1) is 0 Å². The van der Waals surface area contributed by atoms with Crippen molar-refractivity contribution >= 4 is 23.5 Å². The molecular formula is C16H23N5O3. The average molecular weight is 333 g/mol. The Labute approximate surface area is 141 Å². The van der Waals surface area contributed by atoms with Crippen molar-refractivity contribution in [2.75, 3.05) is 32.1 Å². The third-order valence-electron chi connectivity index (χ3n) is 4.92. The highest BCUT2D eigenvalue weighted by molar-refractivity contribution is 6.09. The number of likely N-dealkylation sites (N-methyl/N-ethyl adjacent to an activating group) is 2. The summed E-state index contributed by atoms with van der Waals surface area (Å²) in [5.41, 5.74) is 0.362. The number of imidazole rings is 1. The molecular weight excluding hydrogens is 310 g/mol. The Hall–Kier alpha value is -2.38. The molecule has 1 fully saturated rings. The van der Waals surface area contributed by atoms with Gasteiger partial charge in [-0.15, -0.1) is 0 Å². The molecule has 1 saturated heterocycles. The summed E-state index contributed by atoms with van der Waals surface area (Å²) in [5, 5.41) is 0. The minimum absolute atomic E-state index is 0.0133. The van der Waals surface area contributed by atoms with E-state index < -0.39 is 6.04 Å². The quantitative estimate of drug-likeness (QED) is 0.777. The number of likely N-dealkylation sites (tertiary alicyclic amines) is 1. The minimum Gasteiger partial charge on any atom is -0.343 e. The van der Waals surface area contributed by atoms with Crippen molar-refractivity contribution < 1.29 is 14.4 Å². The molecule has 2 aliphatic heterocycles. The summed E-state index contributed by atoms with van der Waals surface area (Å²) in [6, 6.07) is -0.800. The molecule has 1 aromatic rings. The summed E-state index contributed by atoms with van der Waals surface area (Å²) in [6.45, 7) is 1.46. The first-order valence-electron chi connectivity index (χ1n) is 8.25. The van der Waals surface area contributed by atoms with E-state index in [1.807, 2.05) is 0 Å². The Balaban J connectivity index is 1.85. The number of piperidine rings is 1. The number of carbonyl (C=O) groups is 3. The molecule has 3 amide bonds.